The predicted octanol–water partition coefficient (Wildman–Crippen LogP) is 0.641. The summed E-state index contributed by atoms with van der Waals surface area (Å²) in [6.45, 7) is 0. The molecule has 150 valence electrons. The highest BCUT2D eigenvalue weighted by Crippen LogP contribution is 2.55. The van der Waals surface area contributed by atoms with Crippen molar-refractivity contribution in [2.24, 2.45) is 0 Å². The standard InChI is InChI=1S/C8H8O2.C7H11O9P/c9-8(10)6-7-4-2-1-3-5-7;8-4(9)1-2-7(6(12)13,3-5(10)11)17(14,15)16/h1-5H,6H2,(H,9,10);1-3H2,(H,8,9)(H,10,11)(H,12,13)(H2,14,15,16). The van der Waals surface area contributed by atoms with Gasteiger partial charge >= 0.3 is 31.5 Å². The highest BCUT2D eigenvalue weighted by molar-refractivity contribution is 7.54. The molecule has 0 aliphatic rings. The minimum Gasteiger partial charge on any atom is -0.481 e. The average Bonchev–Trinajstić information content (AvgIpc) is 2.50. The van der Waals surface area contributed by atoms with Crippen molar-refractivity contribution < 1.29 is 54.0 Å². The minimum absolute atomic E-state index is 0.112. The number of carboxylic acids is 4. The first-order chi connectivity index (χ1) is 12.3. The summed E-state index contributed by atoms with van der Waals surface area (Å²) in [5.41, 5.74) is 0.843. The van der Waals surface area contributed by atoms with E-state index >= 15 is 0 Å². The van der Waals surface area contributed by atoms with Crippen molar-refractivity contribution in [3.8, 4) is 0 Å². The molecule has 1 rings (SSSR count). The van der Waals surface area contributed by atoms with Crippen LogP contribution in [0.4, 0.5) is 0 Å². The first-order valence-electron chi connectivity index (χ1n) is 7.30. The molecule has 12 heteroatoms. The summed E-state index contributed by atoms with van der Waals surface area (Å²) in [5.74, 6) is -6.03. The van der Waals surface area contributed by atoms with Gasteiger partial charge in [-0.2, -0.15) is 0 Å². The Morgan fingerprint density at radius 3 is 1.70 bits per heavy atom. The first kappa shape index (κ1) is 24.2. The van der Waals surface area contributed by atoms with Crippen LogP contribution in [-0.2, 0) is 30.2 Å². The van der Waals surface area contributed by atoms with Crippen LogP contribution in [0.1, 0.15) is 24.8 Å². The Kier molecular flexibility index (Phi) is 9.35. The molecule has 11 nitrogen and oxygen atoms in total. The van der Waals surface area contributed by atoms with Crippen molar-refractivity contribution in [2.75, 3.05) is 0 Å². The van der Waals surface area contributed by atoms with Crippen molar-refractivity contribution in [3.63, 3.8) is 0 Å². The molecule has 0 heterocycles. The van der Waals surface area contributed by atoms with Gasteiger partial charge in [0.15, 0.2) is 5.16 Å². The van der Waals surface area contributed by atoms with E-state index < -0.39 is 55.9 Å². The normalized spacial score (nSPS) is 12.8. The number of carbonyl (C=O) groups is 4. The van der Waals surface area contributed by atoms with E-state index in [4.69, 9.17) is 30.2 Å². The van der Waals surface area contributed by atoms with E-state index in [1.165, 1.54) is 0 Å². The summed E-state index contributed by atoms with van der Waals surface area (Å²) in [7, 11) is -5.32. The molecule has 6 N–H and O–H groups in total. The lowest BCUT2D eigenvalue weighted by molar-refractivity contribution is -0.148. The van der Waals surface area contributed by atoms with Crippen LogP contribution in [0.5, 0.6) is 0 Å². The summed E-state index contributed by atoms with van der Waals surface area (Å²) in [6, 6.07) is 9.13. The second kappa shape index (κ2) is 10.4. The van der Waals surface area contributed by atoms with Crippen molar-refractivity contribution in [1.82, 2.24) is 0 Å². The zero-order valence-electron chi connectivity index (χ0n) is 13.9. The van der Waals surface area contributed by atoms with E-state index in [9.17, 15) is 23.7 Å². The fourth-order valence-electron chi connectivity index (χ4n) is 1.98. The number of rotatable bonds is 9. The van der Waals surface area contributed by atoms with Gasteiger partial charge in [-0.1, -0.05) is 30.3 Å². The predicted molar refractivity (Wildman–Crippen MR) is 89.3 cm³/mol. The summed E-state index contributed by atoms with van der Waals surface area (Å²) < 4.78 is 11.1. The van der Waals surface area contributed by atoms with E-state index in [1.807, 2.05) is 18.2 Å². The summed E-state index contributed by atoms with van der Waals surface area (Å²) in [6.07, 6.45) is -3.06. The molecular formula is C15H19O11P. The molecular weight excluding hydrogens is 387 g/mol. The SMILES string of the molecule is O=C(O)CCC(CC(=O)O)(C(=O)O)P(=O)(O)O.O=C(O)Cc1ccccc1. The van der Waals surface area contributed by atoms with Crippen molar-refractivity contribution in [1.29, 1.82) is 0 Å². The molecule has 1 aromatic rings. The third kappa shape index (κ3) is 8.45. The lowest BCUT2D eigenvalue weighted by Crippen LogP contribution is -2.41. The largest absolute Gasteiger partial charge is 0.481 e. The third-order valence-corrected chi connectivity index (χ3v) is 5.04. The fourth-order valence-corrected chi connectivity index (χ4v) is 2.97. The third-order valence-electron chi connectivity index (χ3n) is 3.35. The maximum atomic E-state index is 11.1. The van der Waals surface area contributed by atoms with Crippen LogP contribution in [0.25, 0.3) is 0 Å². The van der Waals surface area contributed by atoms with E-state index in [0.717, 1.165) is 5.56 Å². The maximum absolute atomic E-state index is 11.1. The summed E-state index contributed by atoms with van der Waals surface area (Å²) >= 11 is 0. The molecule has 27 heavy (non-hydrogen) atoms. The molecule has 1 atom stereocenters. The molecule has 0 bridgehead atoms. The van der Waals surface area contributed by atoms with E-state index in [0.29, 0.717) is 0 Å². The summed E-state index contributed by atoms with van der Waals surface area (Å²) in [5, 5.41) is 31.1. The number of benzene rings is 1. The second-order valence-corrected chi connectivity index (χ2v) is 7.35. The van der Waals surface area contributed by atoms with Crippen LogP contribution in [0.3, 0.4) is 0 Å². The zero-order chi connectivity index (χ0) is 21.3. The fraction of sp³-hybridized carbons (Fsp3) is 0.333. The van der Waals surface area contributed by atoms with Gasteiger partial charge in [-0.15, -0.1) is 0 Å². The highest BCUT2D eigenvalue weighted by Gasteiger charge is 2.55. The molecule has 0 saturated carbocycles. The Labute approximate surface area is 153 Å². The van der Waals surface area contributed by atoms with Crippen LogP contribution in [-0.4, -0.2) is 59.2 Å². The van der Waals surface area contributed by atoms with Gasteiger partial charge in [-0.3, -0.25) is 23.7 Å². The minimum atomic E-state index is -5.32. The van der Waals surface area contributed by atoms with Crippen molar-refractivity contribution in [3.05, 3.63) is 35.9 Å². The number of hydrogen-bond donors (Lipinski definition) is 6. The van der Waals surface area contributed by atoms with E-state index in [2.05, 4.69) is 0 Å². The first-order valence-corrected chi connectivity index (χ1v) is 8.91. The Morgan fingerprint density at radius 1 is 0.852 bits per heavy atom. The van der Waals surface area contributed by atoms with Gasteiger partial charge in [0.2, 0.25) is 0 Å². The van der Waals surface area contributed by atoms with Crippen LogP contribution >= 0.6 is 7.60 Å². The van der Waals surface area contributed by atoms with Gasteiger partial charge < -0.3 is 30.2 Å². The topological polar surface area (TPSA) is 207 Å². The Hall–Kier alpha value is -2.75. The molecule has 0 aromatic heterocycles. The molecule has 1 unspecified atom stereocenters. The van der Waals surface area contributed by atoms with Gasteiger partial charge in [0.05, 0.1) is 12.8 Å². The van der Waals surface area contributed by atoms with Crippen LogP contribution in [0, 0.1) is 0 Å². The highest BCUT2D eigenvalue weighted by atomic mass is 31.2. The van der Waals surface area contributed by atoms with Crippen LogP contribution < -0.4 is 0 Å². The molecule has 0 amide bonds. The zero-order valence-corrected chi connectivity index (χ0v) is 14.8. The lowest BCUT2D eigenvalue weighted by atomic mass is 9.98. The second-order valence-electron chi connectivity index (χ2n) is 5.40. The van der Waals surface area contributed by atoms with Gasteiger partial charge in [0, 0.05) is 6.42 Å². The number of hydrogen-bond acceptors (Lipinski definition) is 5. The molecule has 0 aliphatic carbocycles. The Bertz CT molecular complexity index is 725. The summed E-state index contributed by atoms with van der Waals surface area (Å²) in [4.78, 5) is 59.6. The monoisotopic (exact) mass is 406 g/mol. The van der Waals surface area contributed by atoms with E-state index in [1.54, 1.807) is 12.1 Å². The lowest BCUT2D eigenvalue weighted by Gasteiger charge is -2.27. The maximum Gasteiger partial charge on any atom is 0.343 e. The van der Waals surface area contributed by atoms with Gasteiger partial charge in [0.1, 0.15) is 0 Å². The Balaban J connectivity index is 0.000000569. The van der Waals surface area contributed by atoms with Crippen molar-refractivity contribution in [2.45, 2.75) is 30.8 Å². The number of aliphatic carboxylic acids is 4. The molecule has 0 fully saturated rings. The number of carboxylic acid groups (broad SMARTS) is 4. The smallest absolute Gasteiger partial charge is 0.343 e. The van der Waals surface area contributed by atoms with Crippen LogP contribution in [0.2, 0.25) is 0 Å². The van der Waals surface area contributed by atoms with Crippen LogP contribution in [0.15, 0.2) is 30.3 Å². The van der Waals surface area contributed by atoms with E-state index in [-0.39, 0.29) is 6.42 Å². The molecule has 0 aliphatic heterocycles. The quantitative estimate of drug-likeness (QED) is 0.314. The van der Waals surface area contributed by atoms with Gasteiger partial charge in [-0.25, -0.2) is 0 Å². The molecule has 0 saturated heterocycles. The van der Waals surface area contributed by atoms with Gasteiger partial charge in [-0.05, 0) is 12.0 Å². The van der Waals surface area contributed by atoms with Crippen molar-refractivity contribution >= 4 is 31.5 Å². The average molecular weight is 406 g/mol. The molecule has 0 radical (unpaired) electrons. The van der Waals surface area contributed by atoms with Gasteiger partial charge in [0.25, 0.3) is 0 Å². The molecule has 1 aromatic carbocycles. The Morgan fingerprint density at radius 2 is 1.37 bits per heavy atom. The molecule has 0 spiro atoms.